The summed E-state index contributed by atoms with van der Waals surface area (Å²) in [5.74, 6) is 1.09. The smallest absolute Gasteiger partial charge is 0.0956 e. The molecule has 0 heterocycles. The fourth-order valence-electron chi connectivity index (χ4n) is 1.19. The molecule has 11 heavy (non-hydrogen) atoms. The summed E-state index contributed by atoms with van der Waals surface area (Å²) in [6.45, 7) is 0.994. The van der Waals surface area contributed by atoms with Crippen molar-refractivity contribution in [1.29, 1.82) is 0 Å². The molecule has 0 amide bonds. The summed E-state index contributed by atoms with van der Waals surface area (Å²) in [5, 5.41) is 3.13. The van der Waals surface area contributed by atoms with E-state index in [4.69, 9.17) is 4.74 Å². The van der Waals surface area contributed by atoms with Gasteiger partial charge in [-0.25, -0.2) is 0 Å². The number of hydrogen-bond acceptors (Lipinski definition) is 2. The van der Waals surface area contributed by atoms with Crippen molar-refractivity contribution < 1.29 is 4.74 Å². The largest absolute Gasteiger partial charge is 0.501 e. The molecular weight excluding hydrogens is 138 g/mol. The minimum Gasteiger partial charge on any atom is -0.501 e. The SMILES string of the molecule is CNCC1=CCC(OC)=CC1. The average Bonchev–Trinajstić information content (AvgIpc) is 2.07. The Kier molecular flexibility index (Phi) is 3.17. The van der Waals surface area contributed by atoms with Crippen LogP contribution in [0.2, 0.25) is 0 Å². The van der Waals surface area contributed by atoms with E-state index < -0.39 is 0 Å². The molecule has 0 unspecified atom stereocenters. The second-order valence-electron chi connectivity index (χ2n) is 2.68. The van der Waals surface area contributed by atoms with Gasteiger partial charge < -0.3 is 10.1 Å². The maximum Gasteiger partial charge on any atom is 0.0956 e. The predicted molar refractivity (Wildman–Crippen MR) is 46.3 cm³/mol. The van der Waals surface area contributed by atoms with E-state index in [2.05, 4.69) is 17.5 Å². The van der Waals surface area contributed by atoms with E-state index in [1.807, 2.05) is 7.05 Å². The van der Waals surface area contributed by atoms with Crippen LogP contribution in [0.5, 0.6) is 0 Å². The zero-order valence-electron chi connectivity index (χ0n) is 7.18. The minimum absolute atomic E-state index is 0.952. The zero-order valence-corrected chi connectivity index (χ0v) is 7.18. The molecule has 0 saturated carbocycles. The standard InChI is InChI=1S/C9H15NO/c1-10-7-8-3-5-9(11-2)6-4-8/h3,6,10H,4-5,7H2,1-2H3. The molecular formula is C9H15NO. The molecule has 0 aromatic heterocycles. The normalized spacial score (nSPS) is 17.3. The third-order valence-corrected chi connectivity index (χ3v) is 1.85. The van der Waals surface area contributed by atoms with Crippen LogP contribution in [0.4, 0.5) is 0 Å². The van der Waals surface area contributed by atoms with Gasteiger partial charge in [0.2, 0.25) is 0 Å². The number of allylic oxidation sites excluding steroid dienone is 2. The molecule has 0 aromatic carbocycles. The Balaban J connectivity index is 2.37. The summed E-state index contributed by atoms with van der Waals surface area (Å²) >= 11 is 0. The van der Waals surface area contributed by atoms with Gasteiger partial charge in [-0.2, -0.15) is 0 Å². The summed E-state index contributed by atoms with van der Waals surface area (Å²) in [6.07, 6.45) is 6.36. The lowest BCUT2D eigenvalue weighted by Crippen LogP contribution is -2.11. The Morgan fingerprint density at radius 2 is 2.27 bits per heavy atom. The van der Waals surface area contributed by atoms with Crippen molar-refractivity contribution in [1.82, 2.24) is 5.32 Å². The van der Waals surface area contributed by atoms with Crippen LogP contribution in [0.15, 0.2) is 23.5 Å². The molecule has 1 rings (SSSR count). The first-order valence-electron chi connectivity index (χ1n) is 3.92. The average molecular weight is 153 g/mol. The number of hydrogen-bond donors (Lipinski definition) is 1. The first-order chi connectivity index (χ1) is 5.36. The molecule has 1 N–H and O–H groups in total. The first-order valence-corrected chi connectivity index (χ1v) is 3.92. The molecule has 0 saturated heterocycles. The monoisotopic (exact) mass is 153 g/mol. The number of methoxy groups -OCH3 is 1. The van der Waals surface area contributed by atoms with Gasteiger partial charge in [0.25, 0.3) is 0 Å². The Bertz CT molecular complexity index is 182. The molecule has 1 aliphatic rings. The van der Waals surface area contributed by atoms with E-state index >= 15 is 0 Å². The molecule has 0 spiro atoms. The van der Waals surface area contributed by atoms with Crippen LogP contribution in [0.1, 0.15) is 12.8 Å². The van der Waals surface area contributed by atoms with Crippen molar-refractivity contribution in [3.8, 4) is 0 Å². The second-order valence-corrected chi connectivity index (χ2v) is 2.68. The Labute approximate surface area is 67.9 Å². The van der Waals surface area contributed by atoms with E-state index in [1.54, 1.807) is 7.11 Å². The van der Waals surface area contributed by atoms with E-state index in [0.717, 1.165) is 25.1 Å². The van der Waals surface area contributed by atoms with Gasteiger partial charge in [0.1, 0.15) is 0 Å². The van der Waals surface area contributed by atoms with E-state index in [0.29, 0.717) is 0 Å². The Morgan fingerprint density at radius 1 is 1.45 bits per heavy atom. The van der Waals surface area contributed by atoms with Crippen LogP contribution in [-0.2, 0) is 4.74 Å². The summed E-state index contributed by atoms with van der Waals surface area (Å²) in [5.41, 5.74) is 1.45. The molecule has 0 atom stereocenters. The van der Waals surface area contributed by atoms with Crippen molar-refractivity contribution >= 4 is 0 Å². The van der Waals surface area contributed by atoms with E-state index in [-0.39, 0.29) is 0 Å². The highest BCUT2D eigenvalue weighted by atomic mass is 16.5. The van der Waals surface area contributed by atoms with E-state index in [1.165, 1.54) is 5.57 Å². The topological polar surface area (TPSA) is 21.3 Å². The van der Waals surface area contributed by atoms with Crippen molar-refractivity contribution in [3.05, 3.63) is 23.5 Å². The highest BCUT2D eigenvalue weighted by molar-refractivity contribution is 5.19. The number of ether oxygens (including phenoxy) is 1. The highest BCUT2D eigenvalue weighted by Crippen LogP contribution is 2.16. The van der Waals surface area contributed by atoms with Gasteiger partial charge in [-0.15, -0.1) is 0 Å². The van der Waals surface area contributed by atoms with Crippen molar-refractivity contribution in [3.63, 3.8) is 0 Å². The molecule has 2 heteroatoms. The van der Waals surface area contributed by atoms with Gasteiger partial charge in [-0.3, -0.25) is 0 Å². The lowest BCUT2D eigenvalue weighted by atomic mass is 10.1. The second kappa shape index (κ2) is 4.19. The molecule has 1 aliphatic carbocycles. The third-order valence-electron chi connectivity index (χ3n) is 1.85. The summed E-state index contributed by atoms with van der Waals surface area (Å²) in [4.78, 5) is 0. The fourth-order valence-corrected chi connectivity index (χ4v) is 1.19. The van der Waals surface area contributed by atoms with Crippen molar-refractivity contribution in [2.45, 2.75) is 12.8 Å². The van der Waals surface area contributed by atoms with Gasteiger partial charge in [0.05, 0.1) is 12.9 Å². The van der Waals surface area contributed by atoms with Gasteiger partial charge in [-0.1, -0.05) is 11.6 Å². The van der Waals surface area contributed by atoms with E-state index in [9.17, 15) is 0 Å². The lowest BCUT2D eigenvalue weighted by Gasteiger charge is -2.12. The van der Waals surface area contributed by atoms with Crippen molar-refractivity contribution in [2.75, 3.05) is 20.7 Å². The predicted octanol–water partition coefficient (Wildman–Crippen LogP) is 1.46. The molecule has 0 aromatic rings. The molecule has 0 bridgehead atoms. The van der Waals surface area contributed by atoms with Gasteiger partial charge in [0, 0.05) is 13.0 Å². The number of likely N-dealkylation sites (N-methyl/N-ethyl adjacent to an activating group) is 1. The van der Waals surface area contributed by atoms with Crippen LogP contribution >= 0.6 is 0 Å². The Morgan fingerprint density at radius 3 is 2.73 bits per heavy atom. The third kappa shape index (κ3) is 2.39. The van der Waals surface area contributed by atoms with Crippen molar-refractivity contribution in [2.24, 2.45) is 0 Å². The van der Waals surface area contributed by atoms with Crippen LogP contribution in [0.25, 0.3) is 0 Å². The summed E-state index contributed by atoms with van der Waals surface area (Å²) in [6, 6.07) is 0. The lowest BCUT2D eigenvalue weighted by molar-refractivity contribution is 0.281. The maximum atomic E-state index is 5.11. The molecule has 2 nitrogen and oxygen atoms in total. The van der Waals surface area contributed by atoms with Gasteiger partial charge in [0.15, 0.2) is 0 Å². The molecule has 0 aliphatic heterocycles. The quantitative estimate of drug-likeness (QED) is 0.620. The number of nitrogens with one attached hydrogen (secondary N) is 1. The highest BCUT2D eigenvalue weighted by Gasteiger charge is 2.03. The van der Waals surface area contributed by atoms with Gasteiger partial charge in [-0.05, 0) is 19.5 Å². The molecule has 62 valence electrons. The maximum absolute atomic E-state index is 5.11. The zero-order chi connectivity index (χ0) is 8.10. The fraction of sp³-hybridized carbons (Fsp3) is 0.556. The minimum atomic E-state index is 0.952. The van der Waals surface area contributed by atoms with Crippen LogP contribution < -0.4 is 5.32 Å². The van der Waals surface area contributed by atoms with Crippen LogP contribution in [0.3, 0.4) is 0 Å². The van der Waals surface area contributed by atoms with Crippen LogP contribution in [-0.4, -0.2) is 20.7 Å². The molecule has 0 fully saturated rings. The van der Waals surface area contributed by atoms with Gasteiger partial charge >= 0.3 is 0 Å². The summed E-state index contributed by atoms with van der Waals surface area (Å²) in [7, 11) is 3.69. The molecule has 0 radical (unpaired) electrons. The van der Waals surface area contributed by atoms with Crippen LogP contribution in [0, 0.1) is 0 Å². The Hall–Kier alpha value is -0.760. The first kappa shape index (κ1) is 8.34. The summed E-state index contributed by atoms with van der Waals surface area (Å²) < 4.78 is 5.11. The number of rotatable bonds is 3.